The Labute approximate surface area is 223 Å². The topological polar surface area (TPSA) is 120 Å². The van der Waals surface area contributed by atoms with Crippen molar-refractivity contribution in [2.75, 3.05) is 17.8 Å². The number of hydrogen-bond donors (Lipinski definition) is 2. The van der Waals surface area contributed by atoms with Crippen LogP contribution in [0.3, 0.4) is 0 Å². The number of thiazole rings is 1. The van der Waals surface area contributed by atoms with Crippen molar-refractivity contribution in [3.63, 3.8) is 0 Å². The molecule has 0 bridgehead atoms. The van der Waals surface area contributed by atoms with Gasteiger partial charge < -0.3 is 10.3 Å². The lowest BCUT2D eigenvalue weighted by molar-refractivity contribution is -0.138. The summed E-state index contributed by atoms with van der Waals surface area (Å²) in [5.74, 6) is -3.23. The van der Waals surface area contributed by atoms with Crippen LogP contribution in [0.15, 0.2) is 58.9 Å². The van der Waals surface area contributed by atoms with E-state index in [9.17, 15) is 22.4 Å². The Morgan fingerprint density at radius 2 is 1.86 bits per heavy atom. The first-order valence-electron chi connectivity index (χ1n) is 11.4. The fourth-order valence-electron chi connectivity index (χ4n) is 4.38. The SMILES string of the molecule is CC(=O)C(C(=N)c1c(F)cccc1Cl)C(=O)N1CCC(c2ccc(S(=O)(=O)Nc3nccs3)cc2)CC1. The van der Waals surface area contributed by atoms with Gasteiger partial charge in [-0.15, -0.1) is 11.3 Å². The lowest BCUT2D eigenvalue weighted by Crippen LogP contribution is -2.46. The van der Waals surface area contributed by atoms with Gasteiger partial charge in [-0.2, -0.15) is 0 Å². The van der Waals surface area contributed by atoms with E-state index in [1.54, 1.807) is 17.5 Å². The first kappa shape index (κ1) is 26.9. The lowest BCUT2D eigenvalue weighted by Gasteiger charge is -2.34. The zero-order chi connectivity index (χ0) is 26.7. The van der Waals surface area contributed by atoms with Gasteiger partial charge in [0, 0.05) is 24.7 Å². The number of Topliss-reactive ketones (excluding diaryl/α,β-unsaturated/α-hetero) is 1. The number of sulfonamides is 1. The van der Waals surface area contributed by atoms with Gasteiger partial charge in [-0.05, 0) is 55.5 Å². The van der Waals surface area contributed by atoms with Crippen molar-refractivity contribution in [2.24, 2.45) is 5.92 Å². The summed E-state index contributed by atoms with van der Waals surface area (Å²) in [4.78, 5) is 31.2. The Morgan fingerprint density at radius 1 is 1.19 bits per heavy atom. The molecule has 1 aliphatic rings. The molecule has 1 atom stereocenters. The third-order valence-electron chi connectivity index (χ3n) is 6.30. The molecule has 4 rings (SSSR count). The van der Waals surface area contributed by atoms with Gasteiger partial charge >= 0.3 is 0 Å². The Hall–Kier alpha value is -3.15. The minimum Gasteiger partial charge on any atom is -0.342 e. The molecule has 3 aromatic rings. The minimum atomic E-state index is -3.75. The van der Waals surface area contributed by atoms with Crippen LogP contribution >= 0.6 is 22.9 Å². The van der Waals surface area contributed by atoms with Crippen LogP contribution in [0, 0.1) is 17.1 Å². The normalized spacial score (nSPS) is 15.3. The number of rotatable bonds is 8. The minimum absolute atomic E-state index is 0.0323. The second-order valence-corrected chi connectivity index (χ2v) is 11.6. The number of likely N-dealkylation sites (tertiary alicyclic amines) is 1. The van der Waals surface area contributed by atoms with Gasteiger partial charge in [0.05, 0.1) is 21.2 Å². The number of amides is 1. The number of anilines is 1. The quantitative estimate of drug-likeness (QED) is 0.304. The molecule has 194 valence electrons. The van der Waals surface area contributed by atoms with E-state index in [4.69, 9.17) is 17.0 Å². The maximum absolute atomic E-state index is 14.4. The summed E-state index contributed by atoms with van der Waals surface area (Å²) in [7, 11) is -3.75. The van der Waals surface area contributed by atoms with Crippen molar-refractivity contribution in [3.8, 4) is 0 Å². The predicted molar refractivity (Wildman–Crippen MR) is 140 cm³/mol. The summed E-state index contributed by atoms with van der Waals surface area (Å²) in [6.07, 6.45) is 2.69. The molecule has 37 heavy (non-hydrogen) atoms. The number of carbonyl (C=O) groups excluding carboxylic acids is 2. The van der Waals surface area contributed by atoms with Crippen molar-refractivity contribution < 1.29 is 22.4 Å². The fraction of sp³-hybridized carbons (Fsp3) is 0.280. The molecule has 12 heteroatoms. The summed E-state index contributed by atoms with van der Waals surface area (Å²) in [5, 5.41) is 10.3. The number of nitrogens with zero attached hydrogens (tertiary/aromatic N) is 2. The Bertz CT molecular complexity index is 1400. The van der Waals surface area contributed by atoms with Crippen LogP contribution in [0.5, 0.6) is 0 Å². The molecule has 2 aromatic carbocycles. The number of piperidine rings is 1. The van der Waals surface area contributed by atoms with Gasteiger partial charge in [0.15, 0.2) is 5.13 Å². The van der Waals surface area contributed by atoms with Crippen molar-refractivity contribution in [1.82, 2.24) is 9.88 Å². The Kier molecular flexibility index (Phi) is 8.05. The summed E-state index contributed by atoms with van der Waals surface area (Å²) in [5.41, 5.74) is 0.243. The molecular weight excluding hydrogens is 539 g/mol. The summed E-state index contributed by atoms with van der Waals surface area (Å²) in [6, 6.07) is 10.5. The van der Waals surface area contributed by atoms with Crippen molar-refractivity contribution in [1.29, 1.82) is 5.41 Å². The van der Waals surface area contributed by atoms with Crippen molar-refractivity contribution >= 4 is 55.5 Å². The van der Waals surface area contributed by atoms with E-state index in [1.165, 1.54) is 53.6 Å². The van der Waals surface area contributed by atoms with Crippen molar-refractivity contribution in [3.05, 3.63) is 76.0 Å². The van der Waals surface area contributed by atoms with Crippen LogP contribution in [0.2, 0.25) is 5.02 Å². The van der Waals surface area contributed by atoms with Crippen LogP contribution in [-0.4, -0.2) is 48.8 Å². The molecular formula is C25H24ClFN4O4S2. The smallest absolute Gasteiger partial charge is 0.263 e. The summed E-state index contributed by atoms with van der Waals surface area (Å²) in [6.45, 7) is 1.89. The molecule has 0 radical (unpaired) electrons. The number of hydrogen-bond acceptors (Lipinski definition) is 7. The highest BCUT2D eigenvalue weighted by Crippen LogP contribution is 2.31. The Balaban J connectivity index is 1.42. The second-order valence-electron chi connectivity index (χ2n) is 8.67. The first-order valence-corrected chi connectivity index (χ1v) is 14.2. The molecule has 1 amide bonds. The monoisotopic (exact) mass is 562 g/mol. The summed E-state index contributed by atoms with van der Waals surface area (Å²) >= 11 is 7.25. The van der Waals surface area contributed by atoms with E-state index in [0.29, 0.717) is 25.9 Å². The molecule has 8 nitrogen and oxygen atoms in total. The molecule has 0 spiro atoms. The number of nitrogens with one attached hydrogen (secondary N) is 2. The molecule has 1 unspecified atom stereocenters. The van der Waals surface area contributed by atoms with Crippen LogP contribution in [0.25, 0.3) is 0 Å². The van der Waals surface area contributed by atoms with E-state index in [1.807, 2.05) is 0 Å². The highest BCUT2D eigenvalue weighted by atomic mass is 35.5. The van der Waals surface area contributed by atoms with Gasteiger partial charge in [-0.25, -0.2) is 17.8 Å². The standard InChI is InChI=1S/C25H24ClFN4O4S2/c1-15(32)21(23(28)22-19(26)3-2-4-20(22)27)24(33)31-12-9-17(10-13-31)16-5-7-18(8-6-16)37(34,35)30-25-29-11-14-36-25/h2-8,11,14,17,21,28H,9-10,12-13H2,1H3,(H,29,30). The van der Waals surface area contributed by atoms with Crippen molar-refractivity contribution in [2.45, 2.75) is 30.6 Å². The number of carbonyl (C=O) groups is 2. The number of aromatic nitrogens is 1. The van der Waals surface area contributed by atoms with Gasteiger partial charge in [0.25, 0.3) is 10.0 Å². The molecule has 1 aliphatic heterocycles. The highest BCUT2D eigenvalue weighted by molar-refractivity contribution is 7.93. The molecule has 2 N–H and O–H groups in total. The fourth-order valence-corrected chi connectivity index (χ4v) is 6.44. The number of halogens is 2. The maximum Gasteiger partial charge on any atom is 0.263 e. The van der Waals surface area contributed by atoms with Gasteiger partial charge in [0.1, 0.15) is 17.5 Å². The third kappa shape index (κ3) is 5.89. The van der Waals surface area contributed by atoms with Gasteiger partial charge in [-0.1, -0.05) is 29.8 Å². The van der Waals surface area contributed by atoms with Crippen LogP contribution in [0.4, 0.5) is 9.52 Å². The first-order chi connectivity index (χ1) is 17.6. The van der Waals surface area contributed by atoms with Crippen LogP contribution in [0.1, 0.15) is 36.8 Å². The lowest BCUT2D eigenvalue weighted by atomic mass is 9.87. The summed E-state index contributed by atoms with van der Waals surface area (Å²) < 4.78 is 41.9. The van der Waals surface area contributed by atoms with Crippen LogP contribution < -0.4 is 4.72 Å². The third-order valence-corrected chi connectivity index (χ3v) is 8.78. The second kappa shape index (κ2) is 11.1. The van der Waals surface area contributed by atoms with E-state index in [2.05, 4.69) is 9.71 Å². The van der Waals surface area contributed by atoms with E-state index >= 15 is 0 Å². The van der Waals surface area contributed by atoms with E-state index in [-0.39, 0.29) is 26.5 Å². The molecule has 1 aromatic heterocycles. The van der Waals surface area contributed by atoms with Gasteiger partial charge in [0.2, 0.25) is 5.91 Å². The maximum atomic E-state index is 14.4. The Morgan fingerprint density at radius 3 is 2.43 bits per heavy atom. The average Bonchev–Trinajstić information content (AvgIpc) is 3.36. The van der Waals surface area contributed by atoms with E-state index < -0.39 is 39.2 Å². The average molecular weight is 563 g/mol. The molecule has 0 saturated carbocycles. The predicted octanol–water partition coefficient (Wildman–Crippen LogP) is 4.72. The van der Waals surface area contributed by atoms with Gasteiger partial charge in [-0.3, -0.25) is 14.3 Å². The molecule has 1 fully saturated rings. The number of ketones is 1. The zero-order valence-corrected chi connectivity index (χ0v) is 22.2. The molecule has 2 heterocycles. The zero-order valence-electron chi connectivity index (χ0n) is 19.8. The molecule has 1 saturated heterocycles. The number of benzene rings is 2. The molecule has 0 aliphatic carbocycles. The van der Waals surface area contributed by atoms with E-state index in [0.717, 1.165) is 11.6 Å². The largest absolute Gasteiger partial charge is 0.342 e. The van der Waals surface area contributed by atoms with Crippen LogP contribution in [-0.2, 0) is 19.6 Å². The highest BCUT2D eigenvalue weighted by Gasteiger charge is 2.36.